The molecular weight excluding hydrogens is 278 g/mol. The van der Waals surface area contributed by atoms with Crippen LogP contribution in [-0.2, 0) is 5.54 Å². The number of benzene rings is 1. The van der Waals surface area contributed by atoms with Crippen molar-refractivity contribution in [1.29, 1.82) is 0 Å². The molecule has 0 amide bonds. The molecule has 1 atom stereocenters. The number of aliphatic hydroxyl groups is 1. The van der Waals surface area contributed by atoms with E-state index in [0.29, 0.717) is 6.04 Å². The van der Waals surface area contributed by atoms with Gasteiger partial charge in [0.05, 0.1) is 12.1 Å². The Morgan fingerprint density at radius 3 is 2.29 bits per heavy atom. The number of hydrogen-bond acceptors (Lipinski definition) is 3. The molecule has 0 aliphatic heterocycles. The molecule has 0 saturated carbocycles. The van der Waals surface area contributed by atoms with Crippen LogP contribution >= 0.6 is 11.8 Å². The summed E-state index contributed by atoms with van der Waals surface area (Å²) in [5.74, 6) is 3.04. The van der Waals surface area contributed by atoms with E-state index >= 15 is 0 Å². The molecule has 0 bridgehead atoms. The minimum Gasteiger partial charge on any atom is -0.394 e. The van der Waals surface area contributed by atoms with E-state index in [9.17, 15) is 5.11 Å². The lowest BCUT2D eigenvalue weighted by molar-refractivity contribution is 0.147. The summed E-state index contributed by atoms with van der Waals surface area (Å²) in [6, 6.07) is 10.7. The van der Waals surface area contributed by atoms with E-state index < -0.39 is 0 Å². The van der Waals surface area contributed by atoms with Gasteiger partial charge in [-0.2, -0.15) is 11.8 Å². The fourth-order valence-corrected chi connectivity index (χ4v) is 3.83. The van der Waals surface area contributed by atoms with Gasteiger partial charge in [-0.3, -0.25) is 0 Å². The molecule has 1 aromatic carbocycles. The van der Waals surface area contributed by atoms with Crippen LogP contribution in [0.5, 0.6) is 0 Å². The van der Waals surface area contributed by atoms with E-state index in [1.807, 2.05) is 30.0 Å². The third-order valence-corrected chi connectivity index (χ3v) is 4.69. The summed E-state index contributed by atoms with van der Waals surface area (Å²) in [6.07, 6.45) is 2.22. The Kier molecular flexibility index (Phi) is 8.38. The van der Waals surface area contributed by atoms with Crippen LogP contribution in [0, 0.1) is 5.92 Å². The van der Waals surface area contributed by atoms with E-state index in [4.69, 9.17) is 0 Å². The lowest BCUT2D eigenvalue weighted by atomic mass is 9.87. The maximum Gasteiger partial charge on any atom is 0.0678 e. The van der Waals surface area contributed by atoms with Gasteiger partial charge in [-0.15, -0.1) is 0 Å². The minimum absolute atomic E-state index is 0.139. The van der Waals surface area contributed by atoms with Crippen molar-refractivity contribution in [2.45, 2.75) is 52.1 Å². The first-order chi connectivity index (χ1) is 10.00. The normalized spacial score (nSPS) is 14.6. The maximum atomic E-state index is 10.1. The van der Waals surface area contributed by atoms with Crippen LogP contribution in [-0.4, -0.2) is 29.3 Å². The molecule has 2 nitrogen and oxygen atoms in total. The van der Waals surface area contributed by atoms with Crippen LogP contribution in [0.25, 0.3) is 0 Å². The van der Waals surface area contributed by atoms with E-state index in [1.54, 1.807) is 0 Å². The Balaban J connectivity index is 2.68. The van der Waals surface area contributed by atoms with E-state index in [1.165, 1.54) is 17.7 Å². The zero-order chi connectivity index (χ0) is 15.7. The Morgan fingerprint density at radius 2 is 1.76 bits per heavy atom. The first-order valence-electron chi connectivity index (χ1n) is 8.02. The van der Waals surface area contributed by atoms with Crippen molar-refractivity contribution in [3.05, 3.63) is 35.9 Å². The van der Waals surface area contributed by atoms with Crippen LogP contribution in [0.3, 0.4) is 0 Å². The Morgan fingerprint density at radius 1 is 1.10 bits per heavy atom. The molecule has 21 heavy (non-hydrogen) atoms. The maximum absolute atomic E-state index is 10.1. The second-order valence-electron chi connectivity index (χ2n) is 6.45. The van der Waals surface area contributed by atoms with Gasteiger partial charge in [-0.05, 0) is 49.7 Å². The molecule has 0 radical (unpaired) electrons. The van der Waals surface area contributed by atoms with Crippen molar-refractivity contribution in [2.75, 3.05) is 18.1 Å². The van der Waals surface area contributed by atoms with Gasteiger partial charge in [-0.25, -0.2) is 0 Å². The molecule has 1 rings (SSSR count). The highest BCUT2D eigenvalue weighted by Crippen LogP contribution is 2.27. The summed E-state index contributed by atoms with van der Waals surface area (Å²) in [6.45, 7) is 8.95. The minimum atomic E-state index is -0.319. The number of hydrogen-bond donors (Lipinski definition) is 2. The smallest absolute Gasteiger partial charge is 0.0678 e. The predicted octanol–water partition coefficient (Wildman–Crippen LogP) is 4.04. The van der Waals surface area contributed by atoms with Crippen molar-refractivity contribution >= 4 is 11.8 Å². The van der Waals surface area contributed by atoms with Crippen molar-refractivity contribution < 1.29 is 5.11 Å². The van der Waals surface area contributed by atoms with Gasteiger partial charge in [0.2, 0.25) is 0 Å². The Bertz CT molecular complexity index is 380. The predicted molar refractivity (Wildman–Crippen MR) is 94.9 cm³/mol. The monoisotopic (exact) mass is 309 g/mol. The van der Waals surface area contributed by atoms with Gasteiger partial charge in [0.15, 0.2) is 0 Å². The molecule has 0 heterocycles. The van der Waals surface area contributed by atoms with Crippen LogP contribution in [0.1, 0.15) is 46.1 Å². The first-order valence-corrected chi connectivity index (χ1v) is 9.17. The average Bonchev–Trinajstić information content (AvgIpc) is 2.46. The Hall–Kier alpha value is -0.510. The zero-order valence-corrected chi connectivity index (χ0v) is 14.7. The molecule has 0 aliphatic rings. The topological polar surface area (TPSA) is 32.3 Å². The Labute approximate surface area is 134 Å². The largest absolute Gasteiger partial charge is 0.394 e. The second-order valence-corrected chi connectivity index (χ2v) is 7.67. The van der Waals surface area contributed by atoms with Crippen LogP contribution in [0.4, 0.5) is 0 Å². The van der Waals surface area contributed by atoms with Gasteiger partial charge in [0.1, 0.15) is 0 Å². The van der Waals surface area contributed by atoms with Crippen molar-refractivity contribution in [3.8, 4) is 0 Å². The fraction of sp³-hybridized carbons (Fsp3) is 0.667. The van der Waals surface area contributed by atoms with Gasteiger partial charge >= 0.3 is 0 Å². The molecule has 3 heteroatoms. The third kappa shape index (κ3) is 6.41. The SMILES string of the molecule is CC(C)CCSCCC(CO)(NC(C)C)c1ccccc1. The lowest BCUT2D eigenvalue weighted by Crippen LogP contribution is -2.49. The number of aliphatic hydroxyl groups excluding tert-OH is 1. The number of rotatable bonds is 10. The molecule has 120 valence electrons. The molecular formula is C18H31NOS. The highest BCUT2D eigenvalue weighted by Gasteiger charge is 2.31. The van der Waals surface area contributed by atoms with Gasteiger partial charge < -0.3 is 10.4 Å². The fourth-order valence-electron chi connectivity index (χ4n) is 2.49. The second kappa shape index (κ2) is 9.50. The zero-order valence-electron chi connectivity index (χ0n) is 13.9. The summed E-state index contributed by atoms with van der Waals surface area (Å²) < 4.78 is 0. The van der Waals surface area contributed by atoms with Crippen LogP contribution in [0.2, 0.25) is 0 Å². The van der Waals surface area contributed by atoms with Gasteiger partial charge in [0, 0.05) is 6.04 Å². The molecule has 0 aliphatic carbocycles. The first kappa shape index (κ1) is 18.5. The van der Waals surface area contributed by atoms with Crippen molar-refractivity contribution in [2.24, 2.45) is 5.92 Å². The van der Waals surface area contributed by atoms with E-state index in [-0.39, 0.29) is 12.1 Å². The van der Waals surface area contributed by atoms with E-state index in [0.717, 1.165) is 18.1 Å². The highest BCUT2D eigenvalue weighted by atomic mass is 32.2. The summed E-state index contributed by atoms with van der Waals surface area (Å²) >= 11 is 1.99. The molecule has 1 unspecified atom stereocenters. The number of nitrogens with one attached hydrogen (secondary N) is 1. The highest BCUT2D eigenvalue weighted by molar-refractivity contribution is 7.99. The molecule has 1 aromatic rings. The summed E-state index contributed by atoms with van der Waals surface area (Å²) in [4.78, 5) is 0. The summed E-state index contributed by atoms with van der Waals surface area (Å²) in [5.41, 5.74) is 0.867. The molecule has 0 spiro atoms. The van der Waals surface area contributed by atoms with E-state index in [2.05, 4.69) is 45.1 Å². The van der Waals surface area contributed by atoms with Gasteiger partial charge in [-0.1, -0.05) is 44.2 Å². The third-order valence-electron chi connectivity index (χ3n) is 3.67. The summed E-state index contributed by atoms with van der Waals surface area (Å²) in [7, 11) is 0. The van der Waals surface area contributed by atoms with Gasteiger partial charge in [0.25, 0.3) is 0 Å². The molecule has 0 fully saturated rings. The molecule has 0 aromatic heterocycles. The van der Waals surface area contributed by atoms with Crippen molar-refractivity contribution in [3.63, 3.8) is 0 Å². The lowest BCUT2D eigenvalue weighted by Gasteiger charge is -2.36. The summed E-state index contributed by atoms with van der Waals surface area (Å²) in [5, 5.41) is 13.6. The number of thioether (sulfide) groups is 1. The average molecular weight is 310 g/mol. The van der Waals surface area contributed by atoms with Crippen LogP contribution < -0.4 is 5.32 Å². The quantitative estimate of drug-likeness (QED) is 0.640. The van der Waals surface area contributed by atoms with Crippen molar-refractivity contribution in [1.82, 2.24) is 5.32 Å². The molecule has 0 saturated heterocycles. The standard InChI is InChI=1S/C18H31NOS/c1-15(2)10-12-21-13-11-18(14-20,19-16(3)4)17-8-6-5-7-9-17/h5-9,15-16,19-20H,10-14H2,1-4H3. The van der Waals surface area contributed by atoms with Crippen LogP contribution in [0.15, 0.2) is 30.3 Å². The molecule has 2 N–H and O–H groups in total.